The zero-order valence-electron chi connectivity index (χ0n) is 10.7. The van der Waals surface area contributed by atoms with Gasteiger partial charge >= 0.3 is 0 Å². The molecule has 2 N–H and O–H groups in total. The molecule has 0 bridgehead atoms. The molecule has 0 atom stereocenters. The number of phenols is 2. The lowest BCUT2D eigenvalue weighted by Crippen LogP contribution is -2.50. The summed E-state index contributed by atoms with van der Waals surface area (Å²) in [5, 5.41) is 18.7. The van der Waals surface area contributed by atoms with E-state index in [0.717, 1.165) is 0 Å². The minimum Gasteiger partial charge on any atom is -0.508 e. The molecule has 1 saturated heterocycles. The third-order valence-electron chi connectivity index (χ3n) is 3.16. The summed E-state index contributed by atoms with van der Waals surface area (Å²) >= 11 is 0. The molecule has 6 heteroatoms. The Labute approximate surface area is 110 Å². The fraction of sp³-hybridized carbons (Fsp3) is 0.385. The molecule has 1 aromatic carbocycles. The van der Waals surface area contributed by atoms with E-state index in [0.29, 0.717) is 26.2 Å². The van der Waals surface area contributed by atoms with Crippen LogP contribution in [0.1, 0.15) is 17.3 Å². The van der Waals surface area contributed by atoms with E-state index in [1.807, 2.05) is 0 Å². The molecule has 102 valence electrons. The summed E-state index contributed by atoms with van der Waals surface area (Å²) in [6.07, 6.45) is 0. The van der Waals surface area contributed by atoms with E-state index in [9.17, 15) is 19.8 Å². The van der Waals surface area contributed by atoms with Crippen LogP contribution in [0.3, 0.4) is 0 Å². The lowest BCUT2D eigenvalue weighted by atomic mass is 10.1. The summed E-state index contributed by atoms with van der Waals surface area (Å²) in [4.78, 5) is 26.7. The molecule has 0 spiro atoms. The Morgan fingerprint density at radius 1 is 0.947 bits per heavy atom. The topological polar surface area (TPSA) is 81.1 Å². The van der Waals surface area contributed by atoms with Crippen LogP contribution in [-0.4, -0.2) is 58.0 Å². The molecule has 1 aliphatic heterocycles. The van der Waals surface area contributed by atoms with Crippen molar-refractivity contribution in [3.63, 3.8) is 0 Å². The van der Waals surface area contributed by atoms with Gasteiger partial charge in [0.25, 0.3) is 5.91 Å². The summed E-state index contributed by atoms with van der Waals surface area (Å²) in [7, 11) is 0. The molecule has 1 heterocycles. The van der Waals surface area contributed by atoms with Crippen molar-refractivity contribution in [3.8, 4) is 11.5 Å². The van der Waals surface area contributed by atoms with Gasteiger partial charge < -0.3 is 20.0 Å². The number of carbonyl (C=O) groups is 2. The molecule has 2 amide bonds. The molecule has 1 aromatic rings. The molecule has 0 saturated carbocycles. The Kier molecular flexibility index (Phi) is 3.59. The SMILES string of the molecule is CC(=O)N1CCN(C(=O)c2cc(O)cc(O)c2)CC1. The second-order valence-corrected chi connectivity index (χ2v) is 4.54. The predicted octanol–water partition coefficient (Wildman–Crippen LogP) is 0.402. The first kappa shape index (κ1) is 13.2. The summed E-state index contributed by atoms with van der Waals surface area (Å²) in [6.45, 7) is 3.42. The van der Waals surface area contributed by atoms with Gasteiger partial charge in [0.1, 0.15) is 11.5 Å². The number of piperazine rings is 1. The van der Waals surface area contributed by atoms with Gasteiger partial charge in [0.15, 0.2) is 0 Å². The predicted molar refractivity (Wildman–Crippen MR) is 67.9 cm³/mol. The molecule has 6 nitrogen and oxygen atoms in total. The average Bonchev–Trinajstić information content (AvgIpc) is 2.37. The van der Waals surface area contributed by atoms with Crippen molar-refractivity contribution in [1.82, 2.24) is 9.80 Å². The second-order valence-electron chi connectivity index (χ2n) is 4.54. The zero-order chi connectivity index (χ0) is 14.0. The maximum Gasteiger partial charge on any atom is 0.254 e. The van der Waals surface area contributed by atoms with Gasteiger partial charge in [-0.3, -0.25) is 9.59 Å². The Hall–Kier alpha value is -2.24. The fourth-order valence-electron chi connectivity index (χ4n) is 2.13. The summed E-state index contributed by atoms with van der Waals surface area (Å²) in [5.74, 6) is -0.548. The standard InChI is InChI=1S/C13H16N2O4/c1-9(16)14-2-4-15(5-3-14)13(19)10-6-11(17)8-12(18)7-10/h6-8,17-18H,2-5H2,1H3. The molecule has 0 unspecified atom stereocenters. The van der Waals surface area contributed by atoms with E-state index in [4.69, 9.17) is 0 Å². The van der Waals surface area contributed by atoms with Crippen molar-refractivity contribution in [2.24, 2.45) is 0 Å². The summed E-state index contributed by atoms with van der Waals surface area (Å²) in [5.41, 5.74) is 0.244. The van der Waals surface area contributed by atoms with Crippen molar-refractivity contribution < 1.29 is 19.8 Å². The number of benzene rings is 1. The molecule has 2 rings (SSSR count). The van der Waals surface area contributed by atoms with Crippen LogP contribution in [0, 0.1) is 0 Å². The Balaban J connectivity index is 2.07. The molecular weight excluding hydrogens is 248 g/mol. The summed E-state index contributed by atoms with van der Waals surface area (Å²) in [6, 6.07) is 3.81. The molecular formula is C13H16N2O4. The van der Waals surface area contributed by atoms with Crippen LogP contribution in [0.25, 0.3) is 0 Å². The Bertz CT molecular complexity index is 487. The normalized spacial score (nSPS) is 15.4. The molecule has 1 aliphatic rings. The maximum absolute atomic E-state index is 12.2. The maximum atomic E-state index is 12.2. The highest BCUT2D eigenvalue weighted by atomic mass is 16.3. The van der Waals surface area contributed by atoms with E-state index in [1.54, 1.807) is 9.80 Å². The van der Waals surface area contributed by atoms with Gasteiger partial charge in [0.2, 0.25) is 5.91 Å². The van der Waals surface area contributed by atoms with Crippen molar-refractivity contribution in [1.29, 1.82) is 0 Å². The van der Waals surface area contributed by atoms with Gasteiger partial charge in [-0.05, 0) is 12.1 Å². The third-order valence-corrected chi connectivity index (χ3v) is 3.16. The van der Waals surface area contributed by atoms with E-state index in [1.165, 1.54) is 25.1 Å². The van der Waals surface area contributed by atoms with E-state index in [-0.39, 0.29) is 28.9 Å². The van der Waals surface area contributed by atoms with Gasteiger partial charge in [-0.2, -0.15) is 0 Å². The van der Waals surface area contributed by atoms with Gasteiger partial charge in [-0.15, -0.1) is 0 Å². The number of carbonyl (C=O) groups excluding carboxylic acids is 2. The van der Waals surface area contributed by atoms with E-state index >= 15 is 0 Å². The largest absolute Gasteiger partial charge is 0.508 e. The lowest BCUT2D eigenvalue weighted by Gasteiger charge is -2.34. The van der Waals surface area contributed by atoms with Crippen LogP contribution < -0.4 is 0 Å². The number of phenolic OH excluding ortho intramolecular Hbond substituents is 2. The fourth-order valence-corrected chi connectivity index (χ4v) is 2.13. The third kappa shape index (κ3) is 2.96. The number of hydrogen-bond donors (Lipinski definition) is 2. The van der Waals surface area contributed by atoms with Crippen molar-refractivity contribution in [3.05, 3.63) is 23.8 Å². The first-order valence-corrected chi connectivity index (χ1v) is 6.05. The zero-order valence-corrected chi connectivity index (χ0v) is 10.7. The number of nitrogens with zero attached hydrogens (tertiary/aromatic N) is 2. The van der Waals surface area contributed by atoms with Gasteiger partial charge in [-0.1, -0.05) is 0 Å². The molecule has 0 aliphatic carbocycles. The molecule has 0 radical (unpaired) electrons. The highest BCUT2D eigenvalue weighted by Crippen LogP contribution is 2.21. The highest BCUT2D eigenvalue weighted by Gasteiger charge is 2.23. The molecule has 0 aromatic heterocycles. The smallest absolute Gasteiger partial charge is 0.254 e. The van der Waals surface area contributed by atoms with Crippen molar-refractivity contribution in [2.45, 2.75) is 6.92 Å². The Morgan fingerprint density at radius 2 is 1.42 bits per heavy atom. The molecule has 19 heavy (non-hydrogen) atoms. The van der Waals surface area contributed by atoms with Crippen LogP contribution in [0.15, 0.2) is 18.2 Å². The molecule has 1 fully saturated rings. The van der Waals surface area contributed by atoms with Gasteiger partial charge in [0.05, 0.1) is 0 Å². The van der Waals surface area contributed by atoms with Crippen molar-refractivity contribution >= 4 is 11.8 Å². The number of hydrogen-bond acceptors (Lipinski definition) is 4. The lowest BCUT2D eigenvalue weighted by molar-refractivity contribution is -0.130. The summed E-state index contributed by atoms with van der Waals surface area (Å²) < 4.78 is 0. The van der Waals surface area contributed by atoms with Gasteiger partial charge in [-0.25, -0.2) is 0 Å². The first-order valence-electron chi connectivity index (χ1n) is 6.05. The van der Waals surface area contributed by atoms with Crippen LogP contribution in [-0.2, 0) is 4.79 Å². The van der Waals surface area contributed by atoms with Crippen LogP contribution in [0.4, 0.5) is 0 Å². The number of rotatable bonds is 1. The number of aromatic hydroxyl groups is 2. The second kappa shape index (κ2) is 5.17. The number of amides is 2. The minimum atomic E-state index is -0.255. The average molecular weight is 264 g/mol. The monoisotopic (exact) mass is 264 g/mol. The van der Waals surface area contributed by atoms with Crippen molar-refractivity contribution in [2.75, 3.05) is 26.2 Å². The highest BCUT2D eigenvalue weighted by molar-refractivity contribution is 5.95. The first-order chi connectivity index (χ1) is 8.97. The van der Waals surface area contributed by atoms with Crippen LogP contribution in [0.2, 0.25) is 0 Å². The van der Waals surface area contributed by atoms with Gasteiger partial charge in [0, 0.05) is 44.7 Å². The van der Waals surface area contributed by atoms with E-state index < -0.39 is 0 Å². The van der Waals surface area contributed by atoms with E-state index in [2.05, 4.69) is 0 Å². The minimum absolute atomic E-state index is 0.00194. The quantitative estimate of drug-likeness (QED) is 0.769. The Morgan fingerprint density at radius 3 is 1.89 bits per heavy atom. The van der Waals surface area contributed by atoms with Crippen LogP contribution >= 0.6 is 0 Å². The van der Waals surface area contributed by atoms with Crippen LogP contribution in [0.5, 0.6) is 11.5 Å².